The van der Waals surface area contributed by atoms with Crippen molar-refractivity contribution in [3.63, 3.8) is 0 Å². The van der Waals surface area contributed by atoms with E-state index in [9.17, 15) is 13.6 Å². The van der Waals surface area contributed by atoms with Crippen LogP contribution in [0.4, 0.5) is 8.78 Å². The largest absolute Gasteiger partial charge is 0.436 e. The first-order chi connectivity index (χ1) is 12.5. The molecule has 1 amide bonds. The molecule has 132 valence electrons. The molecule has 26 heavy (non-hydrogen) atoms. The van der Waals surface area contributed by atoms with Crippen LogP contribution in [0.3, 0.4) is 0 Å². The summed E-state index contributed by atoms with van der Waals surface area (Å²) in [5.41, 5.74) is 0.691. The molecule has 0 saturated heterocycles. The highest BCUT2D eigenvalue weighted by Gasteiger charge is 2.13. The minimum absolute atomic E-state index is 0.0107. The van der Waals surface area contributed by atoms with E-state index in [0.29, 0.717) is 5.56 Å². The van der Waals surface area contributed by atoms with E-state index in [1.807, 2.05) is 0 Å². The Morgan fingerprint density at radius 2 is 1.92 bits per heavy atom. The first-order valence-electron chi connectivity index (χ1n) is 7.64. The number of carbonyl (C=O) groups excluding carboxylic acids is 1. The summed E-state index contributed by atoms with van der Waals surface area (Å²) in [4.78, 5) is 16.3. The van der Waals surface area contributed by atoms with Gasteiger partial charge in [0, 0.05) is 18.3 Å². The van der Waals surface area contributed by atoms with Crippen molar-refractivity contribution in [3.05, 3.63) is 88.6 Å². The molecule has 0 fully saturated rings. The minimum Gasteiger partial charge on any atom is -0.436 e. The van der Waals surface area contributed by atoms with Crippen molar-refractivity contribution >= 4 is 17.5 Å². The first-order valence-corrected chi connectivity index (χ1v) is 8.02. The van der Waals surface area contributed by atoms with Crippen LogP contribution in [0.5, 0.6) is 11.6 Å². The molecule has 3 aromatic rings. The van der Waals surface area contributed by atoms with Crippen molar-refractivity contribution in [1.82, 2.24) is 10.3 Å². The highest BCUT2D eigenvalue weighted by molar-refractivity contribution is 6.33. The topological polar surface area (TPSA) is 51.2 Å². The quantitative estimate of drug-likeness (QED) is 0.702. The molecule has 4 nitrogen and oxygen atoms in total. The molecule has 0 spiro atoms. The van der Waals surface area contributed by atoms with Gasteiger partial charge in [0.15, 0.2) is 11.6 Å². The summed E-state index contributed by atoms with van der Waals surface area (Å²) in [6, 6.07) is 12.8. The number of nitrogens with one attached hydrogen (secondary N) is 1. The van der Waals surface area contributed by atoms with Crippen molar-refractivity contribution in [2.75, 3.05) is 0 Å². The second-order valence-electron chi connectivity index (χ2n) is 5.31. The average Bonchev–Trinajstić information content (AvgIpc) is 2.62. The maximum absolute atomic E-state index is 13.8. The number of rotatable bonds is 5. The molecule has 0 aliphatic rings. The molecule has 0 unspecified atom stereocenters. The van der Waals surface area contributed by atoms with Gasteiger partial charge in [-0.05, 0) is 36.4 Å². The number of hydrogen-bond donors (Lipinski definition) is 1. The van der Waals surface area contributed by atoms with Crippen LogP contribution in [0.1, 0.15) is 15.9 Å². The molecule has 1 heterocycles. The second-order valence-corrected chi connectivity index (χ2v) is 5.71. The zero-order chi connectivity index (χ0) is 18.5. The predicted octanol–water partition coefficient (Wildman–Crippen LogP) is 4.74. The van der Waals surface area contributed by atoms with Crippen molar-refractivity contribution in [2.24, 2.45) is 0 Å². The average molecular weight is 375 g/mol. The van der Waals surface area contributed by atoms with E-state index in [0.717, 1.165) is 12.1 Å². The third kappa shape index (κ3) is 4.15. The van der Waals surface area contributed by atoms with Crippen LogP contribution < -0.4 is 10.1 Å². The van der Waals surface area contributed by atoms with Gasteiger partial charge in [-0.3, -0.25) is 4.79 Å². The molecule has 0 aliphatic carbocycles. The Bertz CT molecular complexity index is 950. The van der Waals surface area contributed by atoms with Crippen molar-refractivity contribution in [1.29, 1.82) is 0 Å². The number of carbonyl (C=O) groups is 1. The van der Waals surface area contributed by atoms with Crippen LogP contribution in [-0.2, 0) is 6.54 Å². The lowest BCUT2D eigenvalue weighted by Gasteiger charge is -2.11. The van der Waals surface area contributed by atoms with E-state index in [-0.39, 0.29) is 28.8 Å². The fourth-order valence-electron chi connectivity index (χ4n) is 2.23. The van der Waals surface area contributed by atoms with E-state index >= 15 is 0 Å². The highest BCUT2D eigenvalue weighted by Crippen LogP contribution is 2.25. The van der Waals surface area contributed by atoms with Crippen LogP contribution in [0.15, 0.2) is 60.8 Å². The van der Waals surface area contributed by atoms with Gasteiger partial charge in [0.1, 0.15) is 5.82 Å². The highest BCUT2D eigenvalue weighted by atomic mass is 35.5. The van der Waals surface area contributed by atoms with Crippen LogP contribution in [0.2, 0.25) is 5.02 Å². The molecule has 1 N–H and O–H groups in total. The van der Waals surface area contributed by atoms with Gasteiger partial charge in [0.25, 0.3) is 5.91 Å². The monoisotopic (exact) mass is 374 g/mol. The Balaban J connectivity index is 1.74. The van der Waals surface area contributed by atoms with Gasteiger partial charge in [-0.1, -0.05) is 29.8 Å². The zero-order valence-electron chi connectivity index (χ0n) is 13.4. The van der Waals surface area contributed by atoms with Gasteiger partial charge in [-0.2, -0.15) is 0 Å². The summed E-state index contributed by atoms with van der Waals surface area (Å²) in [7, 11) is 0. The Kier molecular flexibility index (Phi) is 5.43. The number of ether oxygens (including phenoxy) is 1. The number of benzene rings is 2. The molecule has 0 radical (unpaired) electrons. The third-order valence-corrected chi connectivity index (χ3v) is 3.82. The van der Waals surface area contributed by atoms with Crippen LogP contribution in [0, 0.1) is 11.6 Å². The lowest BCUT2D eigenvalue weighted by molar-refractivity contribution is 0.0951. The second kappa shape index (κ2) is 7.93. The maximum Gasteiger partial charge on any atom is 0.253 e. The van der Waals surface area contributed by atoms with E-state index < -0.39 is 17.5 Å². The van der Waals surface area contributed by atoms with E-state index in [4.69, 9.17) is 16.3 Å². The predicted molar refractivity (Wildman–Crippen MR) is 93.3 cm³/mol. The fourth-order valence-corrected chi connectivity index (χ4v) is 2.48. The first kappa shape index (κ1) is 17.8. The lowest BCUT2D eigenvalue weighted by atomic mass is 10.2. The minimum atomic E-state index is -0.528. The fraction of sp³-hybridized carbons (Fsp3) is 0.0526. The van der Waals surface area contributed by atoms with E-state index in [1.165, 1.54) is 24.4 Å². The van der Waals surface area contributed by atoms with Gasteiger partial charge in [0.05, 0.1) is 10.6 Å². The number of pyridine rings is 1. The summed E-state index contributed by atoms with van der Waals surface area (Å²) < 4.78 is 32.3. The molecular formula is C19H13ClF2N2O2. The summed E-state index contributed by atoms with van der Waals surface area (Å²) in [6.45, 7) is 0.0736. The van der Waals surface area contributed by atoms with Crippen LogP contribution in [0.25, 0.3) is 0 Å². The molecule has 0 atom stereocenters. The molecule has 1 aromatic heterocycles. The number of hydrogen-bond acceptors (Lipinski definition) is 3. The molecule has 7 heteroatoms. The van der Waals surface area contributed by atoms with E-state index in [1.54, 1.807) is 24.3 Å². The Hall–Kier alpha value is -2.99. The SMILES string of the molecule is O=C(NCc1cccnc1Oc1ccccc1F)c1ccc(F)cc1Cl. The number of para-hydroxylation sites is 1. The van der Waals surface area contributed by atoms with Gasteiger partial charge >= 0.3 is 0 Å². The summed E-state index contributed by atoms with van der Waals surface area (Å²) >= 11 is 5.88. The third-order valence-electron chi connectivity index (χ3n) is 3.51. The summed E-state index contributed by atoms with van der Waals surface area (Å²) in [5, 5.41) is 2.67. The van der Waals surface area contributed by atoms with Crippen molar-refractivity contribution in [3.8, 4) is 11.6 Å². The van der Waals surface area contributed by atoms with Gasteiger partial charge in [-0.25, -0.2) is 13.8 Å². The molecule has 3 rings (SSSR count). The van der Waals surface area contributed by atoms with Crippen molar-refractivity contribution in [2.45, 2.75) is 6.54 Å². The van der Waals surface area contributed by atoms with Gasteiger partial charge in [0.2, 0.25) is 5.88 Å². The Morgan fingerprint density at radius 3 is 2.69 bits per heavy atom. The van der Waals surface area contributed by atoms with Gasteiger partial charge < -0.3 is 10.1 Å². The molecule has 0 aliphatic heterocycles. The zero-order valence-corrected chi connectivity index (χ0v) is 14.1. The summed E-state index contributed by atoms with van der Waals surface area (Å²) in [6.07, 6.45) is 1.50. The smallest absolute Gasteiger partial charge is 0.253 e. The normalized spacial score (nSPS) is 10.4. The number of aromatic nitrogens is 1. The van der Waals surface area contributed by atoms with Crippen LogP contribution in [-0.4, -0.2) is 10.9 Å². The van der Waals surface area contributed by atoms with Crippen LogP contribution >= 0.6 is 11.6 Å². The maximum atomic E-state index is 13.8. The van der Waals surface area contributed by atoms with Gasteiger partial charge in [-0.15, -0.1) is 0 Å². The Labute approximate surface area is 153 Å². The molecule has 0 bridgehead atoms. The number of nitrogens with zero attached hydrogens (tertiary/aromatic N) is 1. The molecule has 2 aromatic carbocycles. The standard InChI is InChI=1S/C19H13ClF2N2O2/c20-15-10-13(21)7-8-14(15)18(25)24-11-12-4-3-9-23-19(12)26-17-6-2-1-5-16(17)22/h1-10H,11H2,(H,24,25). The molecular weight excluding hydrogens is 362 g/mol. The number of amides is 1. The molecule has 0 saturated carbocycles. The van der Waals surface area contributed by atoms with E-state index in [2.05, 4.69) is 10.3 Å². The summed E-state index contributed by atoms with van der Waals surface area (Å²) in [5.74, 6) is -1.33. The number of halogens is 3. The lowest BCUT2D eigenvalue weighted by Crippen LogP contribution is -2.23. The van der Waals surface area contributed by atoms with Crippen molar-refractivity contribution < 1.29 is 18.3 Å². The Morgan fingerprint density at radius 1 is 1.12 bits per heavy atom.